The molecule has 0 aliphatic rings. The van der Waals surface area contributed by atoms with E-state index in [4.69, 9.17) is 0 Å². The molecule has 134 valence electrons. The summed E-state index contributed by atoms with van der Waals surface area (Å²) in [7, 11) is 0. The van der Waals surface area contributed by atoms with E-state index in [1.54, 1.807) is 23.1 Å². The summed E-state index contributed by atoms with van der Waals surface area (Å²) in [6, 6.07) is 14.3. The number of amides is 1. The molecule has 5 heteroatoms. The van der Waals surface area contributed by atoms with Crippen LogP contribution in [0.5, 0.6) is 0 Å². The quantitative estimate of drug-likeness (QED) is 0.569. The van der Waals surface area contributed by atoms with Crippen LogP contribution in [0, 0.1) is 20.8 Å². The van der Waals surface area contributed by atoms with Crippen LogP contribution in [0.3, 0.4) is 0 Å². The van der Waals surface area contributed by atoms with Crippen molar-refractivity contribution in [3.63, 3.8) is 0 Å². The van der Waals surface area contributed by atoms with E-state index in [9.17, 15) is 4.79 Å². The normalized spacial score (nSPS) is 10.7. The van der Waals surface area contributed by atoms with Crippen molar-refractivity contribution >= 4 is 34.7 Å². The van der Waals surface area contributed by atoms with E-state index in [1.807, 2.05) is 36.6 Å². The molecule has 1 amide bonds. The van der Waals surface area contributed by atoms with E-state index < -0.39 is 0 Å². The number of carbonyl (C=O) groups excluding carboxylic acids is 1. The Morgan fingerprint density at radius 1 is 1.12 bits per heavy atom. The number of benzene rings is 2. The Hall–Kier alpha value is -2.11. The van der Waals surface area contributed by atoms with Gasteiger partial charge in [-0.15, -0.1) is 11.3 Å². The molecule has 1 heterocycles. The molecule has 26 heavy (non-hydrogen) atoms. The lowest BCUT2D eigenvalue weighted by Crippen LogP contribution is -2.15. The summed E-state index contributed by atoms with van der Waals surface area (Å²) in [6.07, 6.45) is 0.300. The Balaban J connectivity index is 1.57. The maximum atomic E-state index is 12.3. The van der Waals surface area contributed by atoms with Crippen LogP contribution in [-0.4, -0.2) is 10.9 Å². The molecule has 0 fully saturated rings. The molecule has 0 atom stereocenters. The number of carbonyl (C=O) groups is 1. The van der Waals surface area contributed by atoms with Gasteiger partial charge < -0.3 is 5.32 Å². The minimum Gasteiger partial charge on any atom is -0.326 e. The first kappa shape index (κ1) is 18.7. The summed E-state index contributed by atoms with van der Waals surface area (Å²) in [4.78, 5) is 16.9. The maximum absolute atomic E-state index is 12.3. The van der Waals surface area contributed by atoms with Crippen LogP contribution in [0.2, 0.25) is 0 Å². The minimum absolute atomic E-state index is 0.0318. The summed E-state index contributed by atoms with van der Waals surface area (Å²) < 4.78 is 1.00. The van der Waals surface area contributed by atoms with Crippen molar-refractivity contribution in [2.24, 2.45) is 0 Å². The van der Waals surface area contributed by atoms with E-state index in [-0.39, 0.29) is 5.91 Å². The standard InChI is InChI=1S/C21H22N2OS2/c1-14-8-9-15(2)17(10-14)12-25-21-22-18(13-26-21)11-20(24)23-19-7-5-4-6-16(19)3/h4-10,13H,11-12H2,1-3H3,(H,23,24). The number of rotatable bonds is 6. The molecule has 0 spiro atoms. The van der Waals surface area contributed by atoms with Gasteiger partial charge in [0.1, 0.15) is 4.34 Å². The summed E-state index contributed by atoms with van der Waals surface area (Å²) in [5, 5.41) is 4.93. The van der Waals surface area contributed by atoms with Crippen LogP contribution in [0.15, 0.2) is 52.2 Å². The fraction of sp³-hybridized carbons (Fsp3) is 0.238. The number of thiazole rings is 1. The summed E-state index contributed by atoms with van der Waals surface area (Å²) in [5.41, 5.74) is 6.66. The molecule has 2 aromatic carbocycles. The highest BCUT2D eigenvalue weighted by Crippen LogP contribution is 2.28. The van der Waals surface area contributed by atoms with E-state index in [0.29, 0.717) is 6.42 Å². The Kier molecular flexibility index (Phi) is 6.12. The first-order valence-electron chi connectivity index (χ1n) is 8.50. The lowest BCUT2D eigenvalue weighted by molar-refractivity contribution is -0.115. The molecule has 1 aromatic heterocycles. The Morgan fingerprint density at radius 3 is 2.73 bits per heavy atom. The zero-order valence-electron chi connectivity index (χ0n) is 15.2. The van der Waals surface area contributed by atoms with Crippen molar-refractivity contribution in [3.05, 3.63) is 75.8 Å². The zero-order valence-corrected chi connectivity index (χ0v) is 16.8. The molecule has 0 unspecified atom stereocenters. The van der Waals surface area contributed by atoms with Crippen molar-refractivity contribution in [1.82, 2.24) is 4.98 Å². The van der Waals surface area contributed by atoms with Crippen LogP contribution >= 0.6 is 23.1 Å². The van der Waals surface area contributed by atoms with E-state index in [1.165, 1.54) is 16.7 Å². The van der Waals surface area contributed by atoms with Gasteiger partial charge in [0.05, 0.1) is 12.1 Å². The van der Waals surface area contributed by atoms with E-state index >= 15 is 0 Å². The van der Waals surface area contributed by atoms with Gasteiger partial charge in [0.2, 0.25) is 5.91 Å². The van der Waals surface area contributed by atoms with Crippen LogP contribution in [-0.2, 0) is 17.0 Å². The molecule has 0 radical (unpaired) electrons. The Bertz CT molecular complexity index is 918. The van der Waals surface area contributed by atoms with E-state index in [2.05, 4.69) is 42.3 Å². The van der Waals surface area contributed by atoms with Gasteiger partial charge in [-0.25, -0.2) is 4.98 Å². The first-order valence-corrected chi connectivity index (χ1v) is 10.4. The van der Waals surface area contributed by atoms with Gasteiger partial charge in [-0.1, -0.05) is 53.7 Å². The third kappa shape index (κ3) is 4.96. The molecule has 3 nitrogen and oxygen atoms in total. The molecule has 0 saturated carbocycles. The van der Waals surface area contributed by atoms with Gasteiger partial charge in [0.25, 0.3) is 0 Å². The number of hydrogen-bond acceptors (Lipinski definition) is 4. The number of aryl methyl sites for hydroxylation is 3. The van der Waals surface area contributed by atoms with Crippen molar-refractivity contribution in [1.29, 1.82) is 0 Å². The lowest BCUT2D eigenvalue weighted by Gasteiger charge is -2.07. The van der Waals surface area contributed by atoms with Crippen molar-refractivity contribution in [2.75, 3.05) is 5.32 Å². The second-order valence-electron chi connectivity index (χ2n) is 6.36. The number of para-hydroxylation sites is 1. The van der Waals surface area contributed by atoms with Gasteiger partial charge >= 0.3 is 0 Å². The van der Waals surface area contributed by atoms with E-state index in [0.717, 1.165) is 27.0 Å². The highest BCUT2D eigenvalue weighted by molar-refractivity contribution is 8.00. The maximum Gasteiger partial charge on any atom is 0.230 e. The third-order valence-electron chi connectivity index (χ3n) is 4.15. The number of thioether (sulfide) groups is 1. The van der Waals surface area contributed by atoms with Crippen molar-refractivity contribution < 1.29 is 4.79 Å². The van der Waals surface area contributed by atoms with Crippen LogP contribution in [0.1, 0.15) is 27.9 Å². The molecule has 0 saturated heterocycles. The topological polar surface area (TPSA) is 42.0 Å². The van der Waals surface area contributed by atoms with Crippen molar-refractivity contribution in [2.45, 2.75) is 37.3 Å². The minimum atomic E-state index is -0.0318. The Labute approximate surface area is 162 Å². The number of anilines is 1. The van der Waals surface area contributed by atoms with Gasteiger partial charge in [-0.05, 0) is 43.5 Å². The second kappa shape index (κ2) is 8.52. The Morgan fingerprint density at radius 2 is 1.92 bits per heavy atom. The molecule has 1 N–H and O–H groups in total. The monoisotopic (exact) mass is 382 g/mol. The predicted molar refractivity (Wildman–Crippen MR) is 111 cm³/mol. The number of aromatic nitrogens is 1. The highest BCUT2D eigenvalue weighted by atomic mass is 32.2. The van der Waals surface area contributed by atoms with Gasteiger partial charge in [-0.2, -0.15) is 0 Å². The average Bonchev–Trinajstić information content (AvgIpc) is 3.05. The molecular weight excluding hydrogens is 360 g/mol. The molecule has 0 aliphatic carbocycles. The molecule has 0 bridgehead atoms. The molecule has 3 aromatic rings. The zero-order chi connectivity index (χ0) is 18.5. The molecular formula is C21H22N2OS2. The van der Waals surface area contributed by atoms with Crippen LogP contribution in [0.4, 0.5) is 5.69 Å². The highest BCUT2D eigenvalue weighted by Gasteiger charge is 2.10. The summed E-state index contributed by atoms with van der Waals surface area (Å²) >= 11 is 3.33. The average molecular weight is 383 g/mol. The molecule has 3 rings (SSSR count). The fourth-order valence-electron chi connectivity index (χ4n) is 2.60. The largest absolute Gasteiger partial charge is 0.326 e. The third-order valence-corrected chi connectivity index (χ3v) is 6.27. The molecule has 0 aliphatic heterocycles. The fourth-order valence-corrected chi connectivity index (χ4v) is 4.51. The summed E-state index contributed by atoms with van der Waals surface area (Å²) in [6.45, 7) is 6.24. The van der Waals surface area contributed by atoms with Gasteiger partial charge in [0.15, 0.2) is 0 Å². The van der Waals surface area contributed by atoms with Gasteiger partial charge in [0, 0.05) is 16.8 Å². The lowest BCUT2D eigenvalue weighted by atomic mass is 10.1. The smallest absolute Gasteiger partial charge is 0.230 e. The number of nitrogens with zero attached hydrogens (tertiary/aromatic N) is 1. The SMILES string of the molecule is Cc1ccc(C)c(CSc2nc(CC(=O)Nc3ccccc3C)cs2)c1. The predicted octanol–water partition coefficient (Wildman–Crippen LogP) is 5.54. The van der Waals surface area contributed by atoms with Gasteiger partial charge in [-0.3, -0.25) is 4.79 Å². The van der Waals surface area contributed by atoms with Crippen molar-refractivity contribution in [3.8, 4) is 0 Å². The number of hydrogen-bond donors (Lipinski definition) is 1. The van der Waals surface area contributed by atoms with Crippen LogP contribution in [0.25, 0.3) is 0 Å². The summed E-state index contributed by atoms with van der Waals surface area (Å²) in [5.74, 6) is 0.867. The first-order chi connectivity index (χ1) is 12.5. The van der Waals surface area contributed by atoms with Crippen LogP contribution < -0.4 is 5.32 Å². The number of nitrogens with one attached hydrogen (secondary N) is 1. The second-order valence-corrected chi connectivity index (χ2v) is 8.44.